The number of carbonyl (C=O) groups is 1. The van der Waals surface area contributed by atoms with E-state index in [4.69, 9.17) is 0 Å². The molecular formula is C27H29FN2O. The average Bonchev–Trinajstić information content (AvgIpc) is 2.77. The second-order valence-corrected chi connectivity index (χ2v) is 8.49. The summed E-state index contributed by atoms with van der Waals surface area (Å²) in [6.45, 7) is 4.98. The Morgan fingerprint density at radius 2 is 1.61 bits per heavy atom. The van der Waals surface area contributed by atoms with Gasteiger partial charge >= 0.3 is 0 Å². The fourth-order valence-electron chi connectivity index (χ4n) is 4.23. The van der Waals surface area contributed by atoms with Crippen LogP contribution in [0.15, 0.2) is 72.8 Å². The molecule has 4 heteroatoms. The van der Waals surface area contributed by atoms with Crippen LogP contribution in [0.25, 0.3) is 11.1 Å². The maximum Gasteiger partial charge on any atom is 0.224 e. The summed E-state index contributed by atoms with van der Waals surface area (Å²) in [5.41, 5.74) is 5.93. The minimum absolute atomic E-state index is 0.0101. The zero-order valence-corrected chi connectivity index (χ0v) is 18.0. The molecule has 31 heavy (non-hydrogen) atoms. The third-order valence-electron chi connectivity index (χ3n) is 5.92. The molecular weight excluding hydrogens is 387 g/mol. The molecule has 1 fully saturated rings. The second kappa shape index (κ2) is 9.88. The highest BCUT2D eigenvalue weighted by Gasteiger charge is 2.21. The first-order valence-corrected chi connectivity index (χ1v) is 11.0. The minimum atomic E-state index is -0.277. The molecule has 3 aromatic carbocycles. The Bertz CT molecular complexity index is 1020. The first-order chi connectivity index (χ1) is 15.0. The van der Waals surface area contributed by atoms with Gasteiger partial charge in [-0.1, -0.05) is 60.2 Å². The van der Waals surface area contributed by atoms with Gasteiger partial charge in [0.15, 0.2) is 0 Å². The van der Waals surface area contributed by atoms with Gasteiger partial charge in [0, 0.05) is 25.7 Å². The molecule has 0 radical (unpaired) electrons. The highest BCUT2D eigenvalue weighted by Crippen LogP contribution is 2.23. The number of amides is 1. The first kappa shape index (κ1) is 21.3. The number of rotatable bonds is 6. The second-order valence-electron chi connectivity index (χ2n) is 8.49. The van der Waals surface area contributed by atoms with Crippen molar-refractivity contribution in [3.8, 4) is 11.1 Å². The normalized spacial score (nSPS) is 15.0. The van der Waals surface area contributed by atoms with Gasteiger partial charge in [0.05, 0.1) is 6.42 Å². The molecule has 0 atom stereocenters. The number of halogens is 1. The summed E-state index contributed by atoms with van der Waals surface area (Å²) in [7, 11) is 0. The van der Waals surface area contributed by atoms with Crippen molar-refractivity contribution in [3.05, 3.63) is 95.3 Å². The Balaban J connectivity index is 1.27. The average molecular weight is 417 g/mol. The van der Waals surface area contributed by atoms with E-state index in [0.717, 1.165) is 38.0 Å². The molecule has 0 spiro atoms. The third-order valence-corrected chi connectivity index (χ3v) is 5.92. The van der Waals surface area contributed by atoms with Crippen molar-refractivity contribution >= 4 is 5.91 Å². The van der Waals surface area contributed by atoms with Crippen LogP contribution in [0.3, 0.4) is 0 Å². The number of aryl methyl sites for hydroxylation is 1. The fourth-order valence-corrected chi connectivity index (χ4v) is 4.23. The molecule has 1 saturated heterocycles. The third kappa shape index (κ3) is 6.02. The lowest BCUT2D eigenvalue weighted by atomic mass is 10.00. The number of nitrogens with one attached hydrogen (secondary N) is 1. The lowest BCUT2D eigenvalue weighted by molar-refractivity contribution is -0.121. The number of hydrogen-bond acceptors (Lipinski definition) is 2. The molecule has 160 valence electrons. The largest absolute Gasteiger partial charge is 0.353 e. The summed E-state index contributed by atoms with van der Waals surface area (Å²) in [4.78, 5) is 14.8. The number of benzene rings is 3. The van der Waals surface area contributed by atoms with Crippen LogP contribution in [0.4, 0.5) is 4.39 Å². The Morgan fingerprint density at radius 1 is 0.935 bits per heavy atom. The van der Waals surface area contributed by atoms with E-state index in [1.54, 1.807) is 12.1 Å². The Kier molecular flexibility index (Phi) is 6.78. The topological polar surface area (TPSA) is 32.3 Å². The first-order valence-electron chi connectivity index (χ1n) is 11.0. The van der Waals surface area contributed by atoms with E-state index in [2.05, 4.69) is 65.7 Å². The Morgan fingerprint density at radius 3 is 2.32 bits per heavy atom. The molecule has 0 unspecified atom stereocenters. The molecule has 4 rings (SSSR count). The Hall–Kier alpha value is -2.98. The molecule has 1 aliphatic heterocycles. The molecule has 0 aliphatic carbocycles. The zero-order valence-electron chi connectivity index (χ0n) is 18.0. The summed E-state index contributed by atoms with van der Waals surface area (Å²) in [6, 6.07) is 23.7. The van der Waals surface area contributed by atoms with Crippen LogP contribution in [-0.4, -0.2) is 29.9 Å². The Labute approximate surface area is 183 Å². The monoisotopic (exact) mass is 416 g/mol. The number of likely N-dealkylation sites (tertiary alicyclic amines) is 1. The number of piperidine rings is 1. The molecule has 1 heterocycles. The van der Waals surface area contributed by atoms with Crippen molar-refractivity contribution in [2.45, 2.75) is 38.8 Å². The van der Waals surface area contributed by atoms with Crippen LogP contribution in [0.5, 0.6) is 0 Å². The van der Waals surface area contributed by atoms with Crippen LogP contribution >= 0.6 is 0 Å². The quantitative estimate of drug-likeness (QED) is 0.605. The van der Waals surface area contributed by atoms with Crippen LogP contribution in [0.2, 0.25) is 0 Å². The van der Waals surface area contributed by atoms with Crippen LogP contribution < -0.4 is 5.32 Å². The van der Waals surface area contributed by atoms with Gasteiger partial charge in [0.2, 0.25) is 5.91 Å². The summed E-state index contributed by atoms with van der Waals surface area (Å²) in [5, 5.41) is 3.14. The van der Waals surface area contributed by atoms with E-state index in [1.807, 2.05) is 0 Å². The highest BCUT2D eigenvalue weighted by molar-refractivity contribution is 5.78. The molecule has 1 aliphatic rings. The van der Waals surface area contributed by atoms with Gasteiger partial charge in [-0.25, -0.2) is 4.39 Å². The SMILES string of the molecule is Cc1cccc(-c2cccc(CN3CCC(NC(=O)Cc4ccc(F)cc4)CC3)c2)c1. The maximum absolute atomic E-state index is 13.0. The van der Waals surface area contributed by atoms with Gasteiger partial charge in [-0.3, -0.25) is 9.69 Å². The lowest BCUT2D eigenvalue weighted by Gasteiger charge is -2.32. The van der Waals surface area contributed by atoms with Gasteiger partial charge in [-0.05, 0) is 60.2 Å². The van der Waals surface area contributed by atoms with Crippen molar-refractivity contribution in [2.24, 2.45) is 0 Å². The standard InChI is InChI=1S/C27H29FN2O/c1-20-4-2-6-23(16-20)24-7-3-5-22(17-24)19-30-14-12-26(13-15-30)29-27(31)18-21-8-10-25(28)11-9-21/h2-11,16-17,26H,12-15,18-19H2,1H3,(H,29,31). The van der Waals surface area contributed by atoms with Gasteiger partial charge in [0.1, 0.15) is 5.82 Å². The maximum atomic E-state index is 13.0. The van der Waals surface area contributed by atoms with Crippen molar-refractivity contribution in [1.29, 1.82) is 0 Å². The summed E-state index contributed by atoms with van der Waals surface area (Å²) < 4.78 is 13.0. The number of nitrogens with zero attached hydrogens (tertiary/aromatic N) is 1. The molecule has 0 aromatic heterocycles. The predicted octanol–water partition coefficient (Wildman–Crippen LogP) is 5.12. The van der Waals surface area contributed by atoms with E-state index >= 15 is 0 Å². The van der Waals surface area contributed by atoms with Crippen molar-refractivity contribution < 1.29 is 9.18 Å². The highest BCUT2D eigenvalue weighted by atomic mass is 19.1. The fraction of sp³-hybridized carbons (Fsp3) is 0.296. The lowest BCUT2D eigenvalue weighted by Crippen LogP contribution is -2.44. The van der Waals surface area contributed by atoms with E-state index < -0.39 is 0 Å². The number of carbonyl (C=O) groups excluding carboxylic acids is 1. The molecule has 3 nitrogen and oxygen atoms in total. The van der Waals surface area contributed by atoms with Gasteiger partial charge < -0.3 is 5.32 Å². The van der Waals surface area contributed by atoms with Gasteiger partial charge in [-0.2, -0.15) is 0 Å². The van der Waals surface area contributed by atoms with E-state index in [9.17, 15) is 9.18 Å². The van der Waals surface area contributed by atoms with Crippen LogP contribution in [0, 0.1) is 12.7 Å². The molecule has 1 N–H and O–H groups in total. The molecule has 3 aromatic rings. The van der Waals surface area contributed by atoms with Gasteiger partial charge in [0.25, 0.3) is 0 Å². The smallest absolute Gasteiger partial charge is 0.224 e. The van der Waals surface area contributed by atoms with E-state index in [0.29, 0.717) is 6.42 Å². The van der Waals surface area contributed by atoms with Crippen molar-refractivity contribution in [1.82, 2.24) is 10.2 Å². The van der Waals surface area contributed by atoms with Crippen molar-refractivity contribution in [2.75, 3.05) is 13.1 Å². The van der Waals surface area contributed by atoms with Gasteiger partial charge in [-0.15, -0.1) is 0 Å². The summed E-state index contributed by atoms with van der Waals surface area (Å²) >= 11 is 0. The number of hydrogen-bond donors (Lipinski definition) is 1. The predicted molar refractivity (Wildman–Crippen MR) is 123 cm³/mol. The molecule has 1 amide bonds. The molecule has 0 saturated carbocycles. The van der Waals surface area contributed by atoms with Crippen LogP contribution in [0.1, 0.15) is 29.5 Å². The van der Waals surface area contributed by atoms with E-state index in [1.165, 1.54) is 34.4 Å². The zero-order chi connectivity index (χ0) is 21.6. The summed E-state index contributed by atoms with van der Waals surface area (Å²) in [5.74, 6) is -0.267. The van der Waals surface area contributed by atoms with E-state index in [-0.39, 0.29) is 17.8 Å². The van der Waals surface area contributed by atoms with Crippen LogP contribution in [-0.2, 0) is 17.8 Å². The molecule has 0 bridgehead atoms. The minimum Gasteiger partial charge on any atom is -0.353 e. The summed E-state index contributed by atoms with van der Waals surface area (Å²) in [6.07, 6.45) is 2.20. The van der Waals surface area contributed by atoms with Crippen molar-refractivity contribution in [3.63, 3.8) is 0 Å².